The van der Waals surface area contributed by atoms with Crippen molar-refractivity contribution >= 4 is 5.91 Å². The fourth-order valence-electron chi connectivity index (χ4n) is 4.02. The number of carbonyl (C=O) groups excluding carboxylic acids is 1. The SMILES string of the molecule is Cc1nn(CCC#N)c(C)c1CCC(=O)N1CCN(C)C[C@@H]1c1ccccc1. The summed E-state index contributed by atoms with van der Waals surface area (Å²) < 4.78 is 1.89. The van der Waals surface area contributed by atoms with Crippen LogP contribution in [0.3, 0.4) is 0 Å². The molecule has 0 unspecified atom stereocenters. The van der Waals surface area contributed by atoms with Crippen molar-refractivity contribution in [1.29, 1.82) is 5.26 Å². The highest BCUT2D eigenvalue weighted by Crippen LogP contribution is 2.26. The predicted octanol–water partition coefficient (Wildman–Crippen LogP) is 2.86. The molecule has 1 atom stereocenters. The number of hydrogen-bond donors (Lipinski definition) is 0. The Morgan fingerprint density at radius 2 is 2.00 bits per heavy atom. The van der Waals surface area contributed by atoms with Crippen LogP contribution < -0.4 is 0 Å². The fraction of sp³-hybridized carbons (Fsp3) is 0.500. The first-order valence-electron chi connectivity index (χ1n) is 9.94. The summed E-state index contributed by atoms with van der Waals surface area (Å²) in [6, 6.07) is 12.6. The molecule has 1 fully saturated rings. The first-order chi connectivity index (χ1) is 13.5. The van der Waals surface area contributed by atoms with Crippen LogP contribution in [-0.4, -0.2) is 52.2 Å². The van der Waals surface area contributed by atoms with Crippen molar-refractivity contribution in [1.82, 2.24) is 19.6 Å². The number of nitrogens with zero attached hydrogens (tertiary/aromatic N) is 5. The molecule has 1 aliphatic rings. The lowest BCUT2D eigenvalue weighted by Crippen LogP contribution is -2.49. The highest BCUT2D eigenvalue weighted by Gasteiger charge is 2.30. The van der Waals surface area contributed by atoms with E-state index in [-0.39, 0.29) is 11.9 Å². The van der Waals surface area contributed by atoms with E-state index >= 15 is 0 Å². The summed E-state index contributed by atoms with van der Waals surface area (Å²) in [7, 11) is 2.11. The summed E-state index contributed by atoms with van der Waals surface area (Å²) in [6.07, 6.45) is 1.62. The third-order valence-corrected chi connectivity index (χ3v) is 5.64. The molecule has 0 aliphatic carbocycles. The van der Waals surface area contributed by atoms with E-state index in [1.807, 2.05) is 41.6 Å². The summed E-state index contributed by atoms with van der Waals surface area (Å²) in [5.41, 5.74) is 4.36. The van der Waals surface area contributed by atoms with Crippen molar-refractivity contribution in [2.75, 3.05) is 26.7 Å². The second-order valence-electron chi connectivity index (χ2n) is 7.56. The van der Waals surface area contributed by atoms with E-state index in [0.29, 0.717) is 25.8 Å². The maximum atomic E-state index is 13.1. The van der Waals surface area contributed by atoms with E-state index in [4.69, 9.17) is 5.26 Å². The Morgan fingerprint density at radius 3 is 2.71 bits per heavy atom. The molecule has 148 valence electrons. The van der Waals surface area contributed by atoms with Gasteiger partial charge in [0, 0.05) is 31.7 Å². The van der Waals surface area contributed by atoms with E-state index in [2.05, 4.69) is 35.2 Å². The summed E-state index contributed by atoms with van der Waals surface area (Å²) in [6.45, 7) is 7.14. The number of piperazine rings is 1. The van der Waals surface area contributed by atoms with E-state index in [1.54, 1.807) is 0 Å². The van der Waals surface area contributed by atoms with Crippen LogP contribution in [0.2, 0.25) is 0 Å². The first kappa shape index (κ1) is 20.1. The largest absolute Gasteiger partial charge is 0.333 e. The van der Waals surface area contributed by atoms with Gasteiger partial charge in [-0.1, -0.05) is 30.3 Å². The Balaban J connectivity index is 1.70. The van der Waals surface area contributed by atoms with Gasteiger partial charge in [0.05, 0.1) is 30.8 Å². The second kappa shape index (κ2) is 9.03. The van der Waals surface area contributed by atoms with Gasteiger partial charge in [-0.3, -0.25) is 9.48 Å². The molecule has 2 aromatic rings. The highest BCUT2D eigenvalue weighted by atomic mass is 16.2. The van der Waals surface area contributed by atoms with Crippen molar-refractivity contribution < 1.29 is 4.79 Å². The van der Waals surface area contributed by atoms with Gasteiger partial charge < -0.3 is 9.80 Å². The molecule has 3 rings (SSSR count). The molecule has 0 spiro atoms. The minimum atomic E-state index is 0.105. The fourth-order valence-corrected chi connectivity index (χ4v) is 4.02. The molecule has 1 aromatic carbocycles. The van der Waals surface area contributed by atoms with Crippen LogP contribution in [-0.2, 0) is 17.8 Å². The number of nitriles is 1. The van der Waals surface area contributed by atoms with Crippen molar-refractivity contribution in [3.63, 3.8) is 0 Å². The maximum absolute atomic E-state index is 13.1. The molecule has 2 heterocycles. The minimum absolute atomic E-state index is 0.105. The lowest BCUT2D eigenvalue weighted by atomic mass is 10.0. The van der Waals surface area contributed by atoms with Gasteiger partial charge in [-0.05, 0) is 38.4 Å². The number of amides is 1. The molecule has 1 aromatic heterocycles. The zero-order valence-electron chi connectivity index (χ0n) is 17.1. The normalized spacial score (nSPS) is 17.5. The van der Waals surface area contributed by atoms with Crippen molar-refractivity contribution in [3.8, 4) is 6.07 Å². The summed E-state index contributed by atoms with van der Waals surface area (Å²) in [4.78, 5) is 17.4. The van der Waals surface area contributed by atoms with Crippen LogP contribution in [0, 0.1) is 25.2 Å². The van der Waals surface area contributed by atoms with Gasteiger partial charge in [-0.15, -0.1) is 0 Å². The number of aromatic nitrogens is 2. The van der Waals surface area contributed by atoms with E-state index in [1.165, 1.54) is 5.56 Å². The van der Waals surface area contributed by atoms with E-state index in [9.17, 15) is 4.79 Å². The number of likely N-dealkylation sites (N-methyl/N-ethyl adjacent to an activating group) is 1. The number of carbonyl (C=O) groups is 1. The lowest BCUT2D eigenvalue weighted by Gasteiger charge is -2.40. The highest BCUT2D eigenvalue weighted by molar-refractivity contribution is 5.77. The van der Waals surface area contributed by atoms with Gasteiger partial charge in [0.15, 0.2) is 0 Å². The summed E-state index contributed by atoms with van der Waals surface area (Å²) in [5.74, 6) is 0.200. The Morgan fingerprint density at radius 1 is 1.25 bits per heavy atom. The molecular formula is C22H29N5O. The lowest BCUT2D eigenvalue weighted by molar-refractivity contribution is -0.136. The predicted molar refractivity (Wildman–Crippen MR) is 109 cm³/mol. The van der Waals surface area contributed by atoms with Crippen molar-refractivity contribution in [3.05, 3.63) is 52.8 Å². The topological polar surface area (TPSA) is 65.2 Å². The zero-order valence-corrected chi connectivity index (χ0v) is 17.1. The van der Waals surface area contributed by atoms with Crippen LogP contribution >= 0.6 is 0 Å². The van der Waals surface area contributed by atoms with Gasteiger partial charge in [0.25, 0.3) is 0 Å². The van der Waals surface area contributed by atoms with Crippen LogP contribution in [0.4, 0.5) is 0 Å². The van der Waals surface area contributed by atoms with Gasteiger partial charge in [-0.2, -0.15) is 10.4 Å². The molecular weight excluding hydrogens is 350 g/mol. The van der Waals surface area contributed by atoms with Crippen LogP contribution in [0.15, 0.2) is 30.3 Å². The molecule has 0 bridgehead atoms. The zero-order chi connectivity index (χ0) is 20.1. The van der Waals surface area contributed by atoms with Crippen molar-refractivity contribution in [2.24, 2.45) is 0 Å². The number of aryl methyl sites for hydroxylation is 2. The molecule has 1 saturated heterocycles. The molecule has 6 nitrogen and oxygen atoms in total. The minimum Gasteiger partial charge on any atom is -0.333 e. The number of benzene rings is 1. The average molecular weight is 380 g/mol. The van der Waals surface area contributed by atoms with Gasteiger partial charge in [0.2, 0.25) is 5.91 Å². The third kappa shape index (κ3) is 4.42. The standard InChI is InChI=1S/C22H29N5O/c1-17-20(18(2)27(24-17)13-7-12-23)10-11-22(28)26-15-14-25(3)16-21(26)19-8-5-4-6-9-19/h4-6,8-9,21H,7,10-11,13-16H2,1-3H3/t21-/m1/s1. The first-order valence-corrected chi connectivity index (χ1v) is 9.94. The van der Waals surface area contributed by atoms with Crippen LogP contribution in [0.5, 0.6) is 0 Å². The second-order valence-corrected chi connectivity index (χ2v) is 7.56. The van der Waals surface area contributed by atoms with E-state index in [0.717, 1.165) is 36.6 Å². The van der Waals surface area contributed by atoms with Crippen molar-refractivity contribution in [2.45, 2.75) is 45.7 Å². The van der Waals surface area contributed by atoms with Gasteiger partial charge in [-0.25, -0.2) is 0 Å². The molecule has 28 heavy (non-hydrogen) atoms. The number of rotatable bonds is 6. The maximum Gasteiger partial charge on any atom is 0.223 e. The Kier molecular flexibility index (Phi) is 6.48. The molecule has 0 saturated carbocycles. The van der Waals surface area contributed by atoms with Crippen LogP contribution in [0.25, 0.3) is 0 Å². The Hall–Kier alpha value is -2.65. The Bertz CT molecular complexity index is 852. The average Bonchev–Trinajstić information content (AvgIpc) is 2.98. The molecule has 1 aliphatic heterocycles. The molecule has 6 heteroatoms. The molecule has 0 radical (unpaired) electrons. The van der Waals surface area contributed by atoms with E-state index < -0.39 is 0 Å². The third-order valence-electron chi connectivity index (χ3n) is 5.64. The Labute approximate surface area is 167 Å². The monoisotopic (exact) mass is 379 g/mol. The van der Waals surface area contributed by atoms with Gasteiger partial charge in [0.1, 0.15) is 0 Å². The summed E-state index contributed by atoms with van der Waals surface area (Å²) in [5, 5.41) is 13.4. The van der Waals surface area contributed by atoms with Gasteiger partial charge >= 0.3 is 0 Å². The summed E-state index contributed by atoms with van der Waals surface area (Å²) >= 11 is 0. The molecule has 0 N–H and O–H groups in total. The van der Waals surface area contributed by atoms with Crippen LogP contribution in [0.1, 0.15) is 41.4 Å². The number of hydrogen-bond acceptors (Lipinski definition) is 4. The quantitative estimate of drug-likeness (QED) is 0.774. The smallest absolute Gasteiger partial charge is 0.223 e. The molecule has 1 amide bonds.